The van der Waals surface area contributed by atoms with Crippen LogP contribution in [-0.4, -0.2) is 11.9 Å². The number of aryl methyl sites for hydroxylation is 1. The number of nitrogens with one attached hydrogen (secondary N) is 1. The molecule has 1 aromatic rings. The Kier molecular flexibility index (Phi) is 3.64. The van der Waals surface area contributed by atoms with Gasteiger partial charge in [-0.05, 0) is 44.4 Å². The van der Waals surface area contributed by atoms with Gasteiger partial charge in [0.15, 0.2) is 0 Å². The summed E-state index contributed by atoms with van der Waals surface area (Å²) < 4.78 is 0. The van der Waals surface area contributed by atoms with Crippen LogP contribution in [0.15, 0.2) is 18.2 Å². The van der Waals surface area contributed by atoms with Crippen molar-refractivity contribution in [2.45, 2.75) is 39.2 Å². The van der Waals surface area contributed by atoms with Crippen LogP contribution in [0.5, 0.6) is 0 Å². The van der Waals surface area contributed by atoms with E-state index in [1.807, 2.05) is 26.0 Å². The van der Waals surface area contributed by atoms with E-state index in [-0.39, 0.29) is 11.9 Å². The van der Waals surface area contributed by atoms with Crippen LogP contribution in [0.2, 0.25) is 5.02 Å². The highest BCUT2D eigenvalue weighted by molar-refractivity contribution is 6.31. The summed E-state index contributed by atoms with van der Waals surface area (Å²) in [4.78, 5) is 12.3. The Bertz CT molecular complexity index is 475. The van der Waals surface area contributed by atoms with Gasteiger partial charge < -0.3 is 11.1 Å². The van der Waals surface area contributed by atoms with E-state index in [4.69, 9.17) is 17.3 Å². The molecule has 1 fully saturated rings. The van der Waals surface area contributed by atoms with Gasteiger partial charge in [0, 0.05) is 16.8 Å². The minimum Gasteiger partial charge on any atom is -0.327 e. The molecule has 4 heteroatoms. The number of carbonyl (C=O) groups excluding carboxylic acids is 1. The molecule has 1 amide bonds. The number of nitrogens with two attached hydrogens (primary N) is 1. The third-order valence-corrected chi connectivity index (χ3v) is 4.39. The summed E-state index contributed by atoms with van der Waals surface area (Å²) >= 11 is 6.04. The van der Waals surface area contributed by atoms with E-state index in [1.54, 1.807) is 6.07 Å². The number of carbonyl (C=O) groups is 1. The molecule has 18 heavy (non-hydrogen) atoms. The average molecular weight is 267 g/mol. The fourth-order valence-electron chi connectivity index (χ4n) is 2.42. The highest BCUT2D eigenvalue weighted by Gasteiger charge is 2.42. The number of amides is 1. The molecule has 0 spiro atoms. The third-order valence-electron chi connectivity index (χ3n) is 3.98. The molecule has 3 N–H and O–H groups in total. The molecule has 2 atom stereocenters. The predicted molar refractivity (Wildman–Crippen MR) is 74.8 cm³/mol. The molecule has 3 nitrogen and oxygen atoms in total. The molecule has 0 heterocycles. The molecule has 0 radical (unpaired) electrons. The molecule has 0 bridgehead atoms. The maximum absolute atomic E-state index is 12.3. The molecule has 98 valence electrons. The zero-order valence-electron chi connectivity index (χ0n) is 10.8. The Balaban J connectivity index is 2.14. The average Bonchev–Trinajstić information content (AvgIpc) is 2.66. The fraction of sp³-hybridized carbons (Fsp3) is 0.500. The first-order valence-corrected chi connectivity index (χ1v) is 6.64. The quantitative estimate of drug-likeness (QED) is 0.864. The van der Waals surface area contributed by atoms with E-state index >= 15 is 0 Å². The Morgan fingerprint density at radius 1 is 1.56 bits per heavy atom. The van der Waals surface area contributed by atoms with E-state index in [9.17, 15) is 4.79 Å². The summed E-state index contributed by atoms with van der Waals surface area (Å²) in [7, 11) is 0. The van der Waals surface area contributed by atoms with Crippen molar-refractivity contribution in [1.82, 2.24) is 0 Å². The van der Waals surface area contributed by atoms with Crippen molar-refractivity contribution >= 4 is 23.2 Å². The Morgan fingerprint density at radius 2 is 2.28 bits per heavy atom. The maximum atomic E-state index is 12.3. The van der Waals surface area contributed by atoms with Crippen LogP contribution in [0.4, 0.5) is 5.69 Å². The molecule has 2 rings (SSSR count). The maximum Gasteiger partial charge on any atom is 0.231 e. The number of rotatable bonds is 2. The van der Waals surface area contributed by atoms with Crippen LogP contribution in [-0.2, 0) is 4.79 Å². The standard InChI is InChI=1S/C14H19ClN2O/c1-9-5-6-10(8-11(9)15)17-13(18)14(2)7-3-4-12(14)16/h5-6,8,12H,3-4,7,16H2,1-2H3,(H,17,18). The summed E-state index contributed by atoms with van der Waals surface area (Å²) in [5.41, 5.74) is 7.30. The van der Waals surface area contributed by atoms with Crippen LogP contribution >= 0.6 is 11.6 Å². The molecule has 1 saturated carbocycles. The minimum atomic E-state index is -0.461. The Labute approximate surface area is 113 Å². The van der Waals surface area contributed by atoms with Crippen LogP contribution in [0.1, 0.15) is 31.7 Å². The third kappa shape index (κ3) is 2.38. The second-order valence-corrected chi connectivity index (χ2v) is 5.74. The van der Waals surface area contributed by atoms with Crippen molar-refractivity contribution in [3.05, 3.63) is 28.8 Å². The molecular formula is C14H19ClN2O. The number of hydrogen-bond acceptors (Lipinski definition) is 2. The van der Waals surface area contributed by atoms with E-state index in [0.717, 1.165) is 30.5 Å². The van der Waals surface area contributed by atoms with E-state index in [0.29, 0.717) is 5.02 Å². The molecule has 0 aromatic heterocycles. The molecule has 2 unspecified atom stereocenters. The van der Waals surface area contributed by atoms with Crippen molar-refractivity contribution in [2.75, 3.05) is 5.32 Å². The van der Waals surface area contributed by atoms with E-state index in [2.05, 4.69) is 5.32 Å². The molecule has 0 saturated heterocycles. The number of hydrogen-bond donors (Lipinski definition) is 2. The van der Waals surface area contributed by atoms with Gasteiger partial charge in [-0.1, -0.05) is 24.1 Å². The first-order chi connectivity index (χ1) is 8.43. The zero-order valence-corrected chi connectivity index (χ0v) is 11.6. The van der Waals surface area contributed by atoms with E-state index in [1.165, 1.54) is 0 Å². The van der Waals surface area contributed by atoms with Gasteiger partial charge in [-0.3, -0.25) is 4.79 Å². The predicted octanol–water partition coefficient (Wildman–Crippen LogP) is 3.10. The largest absolute Gasteiger partial charge is 0.327 e. The Hall–Kier alpha value is -1.06. The monoisotopic (exact) mass is 266 g/mol. The highest BCUT2D eigenvalue weighted by Crippen LogP contribution is 2.37. The van der Waals surface area contributed by atoms with Crippen LogP contribution in [0.25, 0.3) is 0 Å². The van der Waals surface area contributed by atoms with Gasteiger partial charge >= 0.3 is 0 Å². The van der Waals surface area contributed by atoms with Gasteiger partial charge in [0.2, 0.25) is 5.91 Å². The zero-order chi connectivity index (χ0) is 13.3. The van der Waals surface area contributed by atoms with Gasteiger partial charge in [0.1, 0.15) is 0 Å². The van der Waals surface area contributed by atoms with Crippen molar-refractivity contribution in [3.63, 3.8) is 0 Å². The lowest BCUT2D eigenvalue weighted by molar-refractivity contribution is -0.125. The number of halogens is 1. The topological polar surface area (TPSA) is 55.1 Å². The lowest BCUT2D eigenvalue weighted by atomic mass is 9.84. The first kappa shape index (κ1) is 13.4. The fourth-order valence-corrected chi connectivity index (χ4v) is 2.60. The summed E-state index contributed by atoms with van der Waals surface area (Å²) in [5, 5.41) is 3.58. The van der Waals surface area contributed by atoms with Gasteiger partial charge in [-0.2, -0.15) is 0 Å². The second-order valence-electron chi connectivity index (χ2n) is 5.33. The van der Waals surface area contributed by atoms with Gasteiger partial charge in [0.05, 0.1) is 5.41 Å². The molecule has 1 aliphatic carbocycles. The minimum absolute atomic E-state index is 0.00702. The van der Waals surface area contributed by atoms with E-state index < -0.39 is 5.41 Å². The normalized spacial score (nSPS) is 27.2. The van der Waals surface area contributed by atoms with Crippen LogP contribution in [0, 0.1) is 12.3 Å². The van der Waals surface area contributed by atoms with Crippen LogP contribution < -0.4 is 11.1 Å². The van der Waals surface area contributed by atoms with Crippen molar-refractivity contribution in [1.29, 1.82) is 0 Å². The molecule has 1 aromatic carbocycles. The SMILES string of the molecule is Cc1ccc(NC(=O)C2(C)CCCC2N)cc1Cl. The van der Waals surface area contributed by atoms with Gasteiger partial charge in [-0.25, -0.2) is 0 Å². The Morgan fingerprint density at radius 3 is 2.83 bits per heavy atom. The van der Waals surface area contributed by atoms with Crippen molar-refractivity contribution in [2.24, 2.45) is 11.1 Å². The lowest BCUT2D eigenvalue weighted by Crippen LogP contribution is -2.44. The molecule has 1 aliphatic rings. The molecule has 0 aliphatic heterocycles. The van der Waals surface area contributed by atoms with Crippen molar-refractivity contribution < 1.29 is 4.79 Å². The van der Waals surface area contributed by atoms with Crippen LogP contribution in [0.3, 0.4) is 0 Å². The number of benzene rings is 1. The molecular weight excluding hydrogens is 248 g/mol. The first-order valence-electron chi connectivity index (χ1n) is 6.26. The lowest BCUT2D eigenvalue weighted by Gasteiger charge is -2.27. The highest BCUT2D eigenvalue weighted by atomic mass is 35.5. The number of anilines is 1. The second kappa shape index (κ2) is 4.90. The summed E-state index contributed by atoms with van der Waals surface area (Å²) in [6.45, 7) is 3.87. The van der Waals surface area contributed by atoms with Gasteiger partial charge in [0.25, 0.3) is 0 Å². The summed E-state index contributed by atoms with van der Waals surface area (Å²) in [6, 6.07) is 5.48. The van der Waals surface area contributed by atoms with Gasteiger partial charge in [-0.15, -0.1) is 0 Å². The van der Waals surface area contributed by atoms with Crippen molar-refractivity contribution in [3.8, 4) is 0 Å². The summed E-state index contributed by atoms with van der Waals surface area (Å²) in [5.74, 6) is -0.00702. The smallest absolute Gasteiger partial charge is 0.231 e. The summed E-state index contributed by atoms with van der Waals surface area (Å²) in [6.07, 6.45) is 2.78.